The molecular weight excluding hydrogens is 366 g/mol. The van der Waals surface area contributed by atoms with Crippen LogP contribution in [0.4, 0.5) is 5.69 Å². The predicted octanol–water partition coefficient (Wildman–Crippen LogP) is 0.139. The second-order valence-corrected chi connectivity index (χ2v) is 7.31. The highest BCUT2D eigenvalue weighted by molar-refractivity contribution is 5.93. The van der Waals surface area contributed by atoms with E-state index in [1.165, 1.54) is 10.5 Å². The molecule has 2 aromatic rings. The van der Waals surface area contributed by atoms with Gasteiger partial charge < -0.3 is 24.6 Å². The van der Waals surface area contributed by atoms with Gasteiger partial charge in [0.2, 0.25) is 0 Å². The molecule has 0 aromatic heterocycles. The van der Waals surface area contributed by atoms with Crippen molar-refractivity contribution in [3.63, 3.8) is 0 Å². The smallest absolute Gasteiger partial charge is 0.279 e. The molecule has 154 valence electrons. The molecule has 2 aromatic carbocycles. The molecule has 3 rings (SSSR count). The summed E-state index contributed by atoms with van der Waals surface area (Å²) < 4.78 is 10.5. The van der Waals surface area contributed by atoms with E-state index in [2.05, 4.69) is 41.7 Å². The lowest BCUT2D eigenvalue weighted by molar-refractivity contribution is -1.01. The van der Waals surface area contributed by atoms with E-state index >= 15 is 0 Å². The van der Waals surface area contributed by atoms with Gasteiger partial charge in [-0.05, 0) is 23.8 Å². The van der Waals surface area contributed by atoms with Crippen LogP contribution in [0.2, 0.25) is 0 Å². The maximum absolute atomic E-state index is 12.5. The van der Waals surface area contributed by atoms with Gasteiger partial charge in [0.25, 0.3) is 5.91 Å². The molecule has 0 atom stereocenters. The van der Waals surface area contributed by atoms with Gasteiger partial charge in [-0.1, -0.05) is 36.4 Å². The molecule has 29 heavy (non-hydrogen) atoms. The number of amides is 1. The normalized spacial score (nSPS) is 19.1. The summed E-state index contributed by atoms with van der Waals surface area (Å²) in [7, 11) is 3.19. The van der Waals surface area contributed by atoms with Gasteiger partial charge in [-0.2, -0.15) is 0 Å². The molecule has 1 saturated heterocycles. The summed E-state index contributed by atoms with van der Waals surface area (Å²) in [5, 5.41) is 2.97. The molecule has 1 fully saturated rings. The minimum atomic E-state index is 0.0101. The molecule has 0 unspecified atom stereocenters. The molecule has 1 aliphatic rings. The van der Waals surface area contributed by atoms with Gasteiger partial charge >= 0.3 is 0 Å². The molecule has 0 bridgehead atoms. The first-order chi connectivity index (χ1) is 14.2. The maximum Gasteiger partial charge on any atom is 0.279 e. The zero-order valence-corrected chi connectivity index (χ0v) is 17.2. The number of carbonyl (C=O) groups excluding carboxylic acids is 1. The Kier molecular flexibility index (Phi) is 7.67. The van der Waals surface area contributed by atoms with Crippen molar-refractivity contribution in [2.45, 2.75) is 0 Å². The number of carbonyl (C=O) groups is 1. The van der Waals surface area contributed by atoms with Crippen LogP contribution < -0.4 is 24.6 Å². The summed E-state index contributed by atoms with van der Waals surface area (Å²) in [6, 6.07) is 15.8. The van der Waals surface area contributed by atoms with Crippen molar-refractivity contribution in [1.29, 1.82) is 0 Å². The lowest BCUT2D eigenvalue weighted by Gasteiger charge is -2.28. The fraction of sp³-hybridized carbons (Fsp3) is 0.348. The summed E-state index contributed by atoms with van der Waals surface area (Å²) in [5.74, 6) is 1.31. The van der Waals surface area contributed by atoms with Crippen LogP contribution in [-0.2, 0) is 4.79 Å². The number of nitrogens with one attached hydrogen (secondary N) is 3. The zero-order chi connectivity index (χ0) is 20.5. The van der Waals surface area contributed by atoms with Crippen LogP contribution in [0.15, 0.2) is 54.6 Å². The molecule has 1 aliphatic heterocycles. The SMILES string of the molecule is COc1ccc(NC(=O)C[NH+]2CC[NH+](C/C=C/c3ccccc3)CC2)c(OC)c1. The fourth-order valence-electron chi connectivity index (χ4n) is 3.59. The molecule has 0 saturated carbocycles. The Labute approximate surface area is 172 Å². The van der Waals surface area contributed by atoms with E-state index in [9.17, 15) is 4.79 Å². The van der Waals surface area contributed by atoms with Gasteiger partial charge in [0.05, 0.1) is 26.5 Å². The summed E-state index contributed by atoms with van der Waals surface area (Å²) in [4.78, 5) is 15.4. The van der Waals surface area contributed by atoms with E-state index in [0.717, 1.165) is 32.7 Å². The third kappa shape index (κ3) is 6.34. The van der Waals surface area contributed by atoms with E-state index in [1.54, 1.807) is 25.2 Å². The Bertz CT molecular complexity index is 815. The van der Waals surface area contributed by atoms with Gasteiger partial charge in [-0.15, -0.1) is 0 Å². The van der Waals surface area contributed by atoms with E-state index in [1.807, 2.05) is 18.2 Å². The second-order valence-electron chi connectivity index (χ2n) is 7.31. The van der Waals surface area contributed by atoms with E-state index < -0.39 is 0 Å². The van der Waals surface area contributed by atoms with Crippen LogP contribution in [0.5, 0.6) is 11.5 Å². The minimum absolute atomic E-state index is 0.0101. The average Bonchev–Trinajstić information content (AvgIpc) is 2.76. The van der Waals surface area contributed by atoms with Crippen molar-refractivity contribution in [1.82, 2.24) is 0 Å². The molecule has 0 radical (unpaired) electrons. The van der Waals surface area contributed by atoms with E-state index in [-0.39, 0.29) is 5.91 Å². The van der Waals surface area contributed by atoms with Crippen LogP contribution in [0, 0.1) is 0 Å². The largest absolute Gasteiger partial charge is 0.497 e. The molecule has 1 amide bonds. The number of ether oxygens (including phenoxy) is 2. The van der Waals surface area contributed by atoms with Crippen LogP contribution in [-0.4, -0.2) is 59.4 Å². The highest BCUT2D eigenvalue weighted by atomic mass is 16.5. The number of piperazine rings is 1. The third-order valence-electron chi connectivity index (χ3n) is 5.27. The first kappa shape index (κ1) is 20.9. The van der Waals surface area contributed by atoms with Crippen LogP contribution in [0.25, 0.3) is 6.08 Å². The average molecular weight is 398 g/mol. The topological polar surface area (TPSA) is 56.4 Å². The second kappa shape index (κ2) is 10.6. The maximum atomic E-state index is 12.5. The van der Waals surface area contributed by atoms with Crippen LogP contribution in [0.3, 0.4) is 0 Å². The highest BCUT2D eigenvalue weighted by Gasteiger charge is 2.24. The van der Waals surface area contributed by atoms with Crippen molar-refractivity contribution >= 4 is 17.7 Å². The Hall–Kier alpha value is -2.83. The van der Waals surface area contributed by atoms with Crippen LogP contribution >= 0.6 is 0 Å². The van der Waals surface area contributed by atoms with E-state index in [0.29, 0.717) is 23.7 Å². The van der Waals surface area contributed by atoms with Crippen molar-refractivity contribution in [2.75, 3.05) is 58.8 Å². The fourth-order valence-corrected chi connectivity index (χ4v) is 3.59. The Balaban J connectivity index is 1.42. The monoisotopic (exact) mass is 397 g/mol. The lowest BCUT2D eigenvalue weighted by Crippen LogP contribution is -3.28. The molecule has 0 spiro atoms. The van der Waals surface area contributed by atoms with Gasteiger partial charge in [0, 0.05) is 6.07 Å². The molecule has 3 N–H and O–H groups in total. The summed E-state index contributed by atoms with van der Waals surface area (Å²) in [6.07, 6.45) is 4.43. The number of methoxy groups -OCH3 is 2. The quantitative estimate of drug-likeness (QED) is 0.594. The first-order valence-electron chi connectivity index (χ1n) is 10.1. The molecular formula is C23H31N3O3+2. The van der Waals surface area contributed by atoms with Crippen molar-refractivity contribution in [3.8, 4) is 11.5 Å². The number of quaternary nitrogens is 2. The molecule has 1 heterocycles. The number of anilines is 1. The number of benzene rings is 2. The van der Waals surface area contributed by atoms with E-state index in [4.69, 9.17) is 9.47 Å². The number of hydrogen-bond acceptors (Lipinski definition) is 3. The standard InChI is InChI=1S/C23H29N3O3/c1-28-20-10-11-21(22(17-20)29-2)24-23(27)18-26-15-13-25(14-16-26)12-6-9-19-7-4-3-5-8-19/h3-11,17H,12-16,18H2,1-2H3,(H,24,27)/p+2/b9-6+. The zero-order valence-electron chi connectivity index (χ0n) is 17.2. The Morgan fingerprint density at radius 1 is 1.00 bits per heavy atom. The molecule has 6 nitrogen and oxygen atoms in total. The number of hydrogen-bond donors (Lipinski definition) is 3. The van der Waals surface area contributed by atoms with Gasteiger partial charge in [-0.25, -0.2) is 0 Å². The first-order valence-corrected chi connectivity index (χ1v) is 10.1. The Morgan fingerprint density at radius 3 is 2.41 bits per heavy atom. The molecule has 0 aliphatic carbocycles. The summed E-state index contributed by atoms with van der Waals surface area (Å²) >= 11 is 0. The minimum Gasteiger partial charge on any atom is -0.497 e. The van der Waals surface area contributed by atoms with Gasteiger partial charge in [0.1, 0.15) is 37.7 Å². The highest BCUT2D eigenvalue weighted by Crippen LogP contribution is 2.28. The predicted molar refractivity (Wildman–Crippen MR) is 115 cm³/mol. The molecule has 6 heteroatoms. The third-order valence-corrected chi connectivity index (χ3v) is 5.27. The van der Waals surface area contributed by atoms with Crippen LogP contribution in [0.1, 0.15) is 5.56 Å². The van der Waals surface area contributed by atoms with Gasteiger partial charge in [0.15, 0.2) is 6.54 Å². The lowest BCUT2D eigenvalue weighted by atomic mass is 10.2. The summed E-state index contributed by atoms with van der Waals surface area (Å²) in [6.45, 7) is 5.66. The van der Waals surface area contributed by atoms with Crippen molar-refractivity contribution < 1.29 is 24.1 Å². The number of rotatable bonds is 8. The summed E-state index contributed by atoms with van der Waals surface area (Å²) in [5.41, 5.74) is 1.91. The Morgan fingerprint density at radius 2 is 1.72 bits per heavy atom. The van der Waals surface area contributed by atoms with Crippen molar-refractivity contribution in [2.24, 2.45) is 0 Å². The van der Waals surface area contributed by atoms with Crippen molar-refractivity contribution in [3.05, 3.63) is 60.2 Å². The van der Waals surface area contributed by atoms with Gasteiger partial charge in [-0.3, -0.25) is 4.79 Å².